The molecule has 1 aliphatic heterocycles. The molecule has 490 valence electrons. The van der Waals surface area contributed by atoms with Gasteiger partial charge in [-0.1, -0.05) is 232 Å². The Balaban J connectivity index is 0.000000196. The maximum Gasteiger partial charge on any atom is 0.285 e. The predicted octanol–water partition coefficient (Wildman–Crippen LogP) is 16.5. The molecule has 15 nitrogen and oxygen atoms in total. The average molecular weight is 1310 g/mol. The molecule has 0 saturated heterocycles. The number of amidine groups is 1. The molecule has 18 heteroatoms. The maximum atomic E-state index is 11.1. The van der Waals surface area contributed by atoms with E-state index in [1.165, 1.54) is 55.7 Å². The first-order chi connectivity index (χ1) is 44.4. The van der Waals surface area contributed by atoms with Crippen molar-refractivity contribution in [1.29, 1.82) is 0 Å². The zero-order valence-electron chi connectivity index (χ0n) is 52.5. The number of aliphatic hydroxyl groups excluding tert-OH is 1. The summed E-state index contributed by atoms with van der Waals surface area (Å²) < 4.78 is 5.55. The van der Waals surface area contributed by atoms with Gasteiger partial charge in [-0.25, -0.2) is 4.99 Å². The van der Waals surface area contributed by atoms with Crippen LogP contribution in [0.4, 0.5) is 0 Å². The number of allylic oxidation sites excluding steroid dienone is 5. The number of nitro groups is 3. The van der Waals surface area contributed by atoms with Crippen LogP contribution >= 0.6 is 35.6 Å². The zero-order valence-corrected chi connectivity index (χ0v) is 54.8. The number of nitrogens with two attached hydrogens (primary N) is 1. The predicted molar refractivity (Wildman–Crippen MR) is 374 cm³/mol. The first kappa shape index (κ1) is 74.9. The third-order valence-corrected chi connectivity index (χ3v) is 17.9. The molecular weight excluding hydrogens is 1220 g/mol. The van der Waals surface area contributed by atoms with E-state index in [1.807, 2.05) is 86.7 Å². The fraction of sp³-hybridized carbons (Fsp3) is 0.378. The second-order valence-electron chi connectivity index (χ2n) is 22.9. The van der Waals surface area contributed by atoms with Gasteiger partial charge in [0.1, 0.15) is 19.0 Å². The van der Waals surface area contributed by atoms with Crippen molar-refractivity contribution in [3.8, 4) is 0 Å². The highest BCUT2D eigenvalue weighted by atomic mass is 35.5. The van der Waals surface area contributed by atoms with Crippen LogP contribution in [0.15, 0.2) is 230 Å². The van der Waals surface area contributed by atoms with Crippen LogP contribution in [0.5, 0.6) is 0 Å². The molecule has 7 aliphatic carbocycles. The highest BCUT2D eigenvalue weighted by Gasteiger charge is 2.52. The van der Waals surface area contributed by atoms with Gasteiger partial charge >= 0.3 is 0 Å². The SMILES string of the molecule is C1=CCC=C1.CC.Cl.ClCCCl.NC1C2CCC(C2)C1c1ccccc1.O=Cc1ccccc1.O=[N+]([O-])/C=C/c1ccccc1.O=[N+]([O-])C1C2C=CC(C2)C1c1ccccc1.O=[N+]([O-])CC(O)c1ccccc1.c1ccc(C2C3CCC(C3)C2NC2=NCCO2)cc1. The number of alkyl halides is 2. The van der Waals surface area contributed by atoms with Gasteiger partial charge in [0, 0.05) is 63.1 Å². The van der Waals surface area contributed by atoms with E-state index in [2.05, 4.69) is 101 Å². The molecule has 6 aromatic rings. The van der Waals surface area contributed by atoms with Crippen molar-refractivity contribution in [3.05, 3.63) is 288 Å². The molecule has 0 amide bonds. The average Bonchev–Trinajstić information content (AvgIpc) is 1.65. The summed E-state index contributed by atoms with van der Waals surface area (Å²) in [7, 11) is 0. The Morgan fingerprint density at radius 1 is 0.620 bits per heavy atom. The Hall–Kier alpha value is -7.79. The molecule has 0 aromatic heterocycles. The number of hydrogen-bond donors (Lipinski definition) is 3. The van der Waals surface area contributed by atoms with Crippen molar-refractivity contribution in [2.75, 3.05) is 31.5 Å². The van der Waals surface area contributed by atoms with Crippen LogP contribution in [0, 0.1) is 65.9 Å². The number of aliphatic hydroxyl groups is 1. The number of benzene rings is 6. The summed E-state index contributed by atoms with van der Waals surface area (Å²) in [5.41, 5.74) is 12.5. The van der Waals surface area contributed by atoms with E-state index in [9.17, 15) is 40.2 Å². The Morgan fingerprint density at radius 2 is 1.08 bits per heavy atom. The lowest BCUT2D eigenvalue weighted by molar-refractivity contribution is -0.530. The van der Waals surface area contributed by atoms with E-state index >= 15 is 0 Å². The van der Waals surface area contributed by atoms with Gasteiger partial charge in [-0.15, -0.1) is 35.6 Å². The number of carbonyl (C=O) groups excluding carboxylic acids is 1. The molecule has 13 unspecified atom stereocenters. The van der Waals surface area contributed by atoms with Gasteiger partial charge in [0.2, 0.25) is 18.8 Å². The number of hydrogen-bond acceptors (Lipinski definition) is 12. The topological polar surface area (TPSA) is 226 Å². The third-order valence-electron chi connectivity index (χ3n) is 17.3. The summed E-state index contributed by atoms with van der Waals surface area (Å²) in [5.74, 6) is 6.29. The molecule has 0 radical (unpaired) electrons. The second-order valence-corrected chi connectivity index (χ2v) is 23.7. The normalized spacial score (nSPS) is 24.7. The van der Waals surface area contributed by atoms with Crippen molar-refractivity contribution < 1.29 is 29.4 Å². The van der Waals surface area contributed by atoms with E-state index < -0.39 is 28.5 Å². The molecular formula is C74H89Cl3N6O9. The van der Waals surface area contributed by atoms with Crippen molar-refractivity contribution >= 4 is 54.0 Å². The van der Waals surface area contributed by atoms with E-state index in [-0.39, 0.29) is 29.2 Å². The summed E-state index contributed by atoms with van der Waals surface area (Å²) in [6.07, 6.45) is 25.1. The standard InChI is InChI=1S/C16H20N2O.C13H13NO2.C13H17N.C8H9NO3.C8H7NO2.C7H6O.C5H6.C2H4Cl2.C2H6.ClH/c1-2-4-11(5-3-1)14-12-6-7-13(10-12)15(14)18-16-17-8-9-19-16;15-14(16)13-11-7-6-10(8-11)12(13)9-4-2-1-3-5-9;14-13-11-7-6-10(8-11)12(13)9-4-2-1-3-5-9;10-8(6-9(11)12)7-4-2-1-3-5-7;10-9(11)7-6-8-4-2-1-3-5-8;8-6-7-4-2-1-3-5-7;1-2-4-5-3-1;3-1-2-4;1-2;/h1-5,12-15H,6-10H2,(H,17,18);1-7,10-13H,8H2;1-5,10-13H,6-8,14H2;1-5,8,10H,6H2;1-7H;1-6H;1-4H,5H2;1-2H2;1-2H3;1H/b;;;;7-6+;;;;;. The van der Waals surface area contributed by atoms with Gasteiger partial charge < -0.3 is 20.9 Å². The smallest absolute Gasteiger partial charge is 0.285 e. The van der Waals surface area contributed by atoms with Gasteiger partial charge in [0.15, 0.2) is 0 Å². The Bertz CT molecular complexity index is 3210. The quantitative estimate of drug-likeness (QED) is 0.0343. The van der Waals surface area contributed by atoms with Crippen molar-refractivity contribution in [2.45, 2.75) is 107 Å². The fourth-order valence-corrected chi connectivity index (χ4v) is 13.5. The zero-order chi connectivity index (χ0) is 65.2. The second kappa shape index (κ2) is 41.6. The maximum absolute atomic E-state index is 11.1. The lowest BCUT2D eigenvalue weighted by Crippen LogP contribution is -2.43. The molecule has 13 atom stereocenters. The van der Waals surface area contributed by atoms with Crippen LogP contribution in [-0.4, -0.2) is 81.8 Å². The number of aliphatic imine (C=N–C) groups is 1. The third kappa shape index (κ3) is 23.7. The minimum atomic E-state index is -0.999. The lowest BCUT2D eigenvalue weighted by atomic mass is 9.80. The minimum Gasteiger partial charge on any atom is -0.463 e. The molecule has 6 bridgehead atoms. The summed E-state index contributed by atoms with van der Waals surface area (Å²) in [6.45, 7) is 5.10. The van der Waals surface area contributed by atoms with Crippen LogP contribution in [0.1, 0.15) is 127 Å². The highest BCUT2D eigenvalue weighted by molar-refractivity contribution is 6.25. The molecule has 4 N–H and O–H groups in total. The minimum absolute atomic E-state index is 0. The van der Waals surface area contributed by atoms with Crippen molar-refractivity contribution in [3.63, 3.8) is 0 Å². The Morgan fingerprint density at radius 3 is 1.51 bits per heavy atom. The van der Waals surface area contributed by atoms with E-state index in [0.717, 1.165) is 84.9 Å². The van der Waals surface area contributed by atoms with Crippen molar-refractivity contribution in [2.24, 2.45) is 46.2 Å². The Labute approximate surface area is 558 Å². The van der Waals surface area contributed by atoms with Crippen LogP contribution in [-0.2, 0) is 4.74 Å². The molecule has 5 saturated carbocycles. The van der Waals surface area contributed by atoms with Crippen LogP contribution in [0.25, 0.3) is 6.08 Å². The van der Waals surface area contributed by atoms with Crippen LogP contribution < -0.4 is 11.1 Å². The molecule has 14 rings (SSSR count). The van der Waals surface area contributed by atoms with Gasteiger partial charge in [-0.2, -0.15) is 0 Å². The van der Waals surface area contributed by atoms with Crippen molar-refractivity contribution in [1.82, 2.24) is 5.32 Å². The fourth-order valence-electron chi connectivity index (χ4n) is 13.5. The summed E-state index contributed by atoms with van der Waals surface area (Å²) >= 11 is 10.1. The molecule has 1 heterocycles. The van der Waals surface area contributed by atoms with Gasteiger partial charge in [-0.05, 0) is 109 Å². The monoisotopic (exact) mass is 1310 g/mol. The lowest BCUT2D eigenvalue weighted by Gasteiger charge is -2.32. The number of nitrogens with zero attached hydrogens (tertiary/aromatic N) is 4. The molecule has 6 aromatic carbocycles. The van der Waals surface area contributed by atoms with Gasteiger partial charge in [0.25, 0.3) is 6.02 Å². The highest BCUT2D eigenvalue weighted by Crippen LogP contribution is 2.54. The van der Waals surface area contributed by atoms with E-state index in [4.69, 9.17) is 33.7 Å². The number of rotatable bonds is 12. The number of aldehydes is 1. The first-order valence-corrected chi connectivity index (χ1v) is 32.8. The number of carbonyl (C=O) groups is 1. The Kier molecular flexibility index (Phi) is 33.9. The summed E-state index contributed by atoms with van der Waals surface area (Å²) in [5, 5.41) is 43.9. The van der Waals surface area contributed by atoms with Crippen LogP contribution in [0.2, 0.25) is 0 Å². The number of nitrogens with one attached hydrogen (secondary N) is 1. The largest absolute Gasteiger partial charge is 0.463 e. The molecule has 8 aliphatic rings. The number of fused-ring (bicyclic) bond motifs is 6. The number of halogens is 3. The molecule has 0 spiro atoms. The number of ether oxygens (including phenoxy) is 1. The molecule has 5 fully saturated rings. The molecule has 92 heavy (non-hydrogen) atoms. The summed E-state index contributed by atoms with van der Waals surface area (Å²) in [4.78, 5) is 44.4. The van der Waals surface area contributed by atoms with E-state index in [1.54, 1.807) is 54.6 Å². The van der Waals surface area contributed by atoms with Gasteiger partial charge in [0.05, 0.1) is 17.4 Å². The van der Waals surface area contributed by atoms with Crippen LogP contribution in [0.3, 0.4) is 0 Å². The van der Waals surface area contributed by atoms with E-state index in [0.29, 0.717) is 47.2 Å². The first-order valence-electron chi connectivity index (χ1n) is 31.7. The van der Waals surface area contributed by atoms with Gasteiger partial charge in [-0.3, -0.25) is 35.1 Å². The summed E-state index contributed by atoms with van der Waals surface area (Å²) in [6, 6.07) is 59.8.